The summed E-state index contributed by atoms with van der Waals surface area (Å²) in [4.78, 5) is 10.5. The number of thiazole rings is 1. The fraction of sp³-hybridized carbons (Fsp3) is 0.385. The normalized spacial score (nSPS) is 16.6. The third kappa shape index (κ3) is 2.98. The quantitative estimate of drug-likeness (QED) is 0.871. The Morgan fingerprint density at radius 1 is 1.32 bits per heavy atom. The number of hydrogen-bond acceptors (Lipinski definition) is 5. The second-order valence-corrected chi connectivity index (χ2v) is 5.69. The van der Waals surface area contributed by atoms with Crippen molar-refractivity contribution in [2.75, 3.05) is 18.0 Å². The molecule has 1 aliphatic heterocycles. The number of halogens is 1. The first kappa shape index (κ1) is 12.7. The van der Waals surface area contributed by atoms with Crippen LogP contribution in [0.15, 0.2) is 30.0 Å². The standard InChI is InChI=1S/C13H14ClN3OS/c14-11-9-15-4-1-12(11)17-6-2-10(3-7-17)18-13-16-5-8-19-13/h1,4-5,8-10H,2-3,6-7H2. The third-order valence-electron chi connectivity index (χ3n) is 3.21. The van der Waals surface area contributed by atoms with Crippen LogP contribution in [-0.4, -0.2) is 29.2 Å². The predicted molar refractivity (Wildman–Crippen MR) is 77.2 cm³/mol. The maximum atomic E-state index is 6.17. The van der Waals surface area contributed by atoms with Crippen molar-refractivity contribution in [2.24, 2.45) is 0 Å². The van der Waals surface area contributed by atoms with Crippen molar-refractivity contribution < 1.29 is 4.74 Å². The smallest absolute Gasteiger partial charge is 0.273 e. The minimum Gasteiger partial charge on any atom is -0.467 e. The van der Waals surface area contributed by atoms with Crippen LogP contribution in [0.5, 0.6) is 5.19 Å². The highest BCUT2D eigenvalue weighted by Gasteiger charge is 2.22. The Bertz CT molecular complexity index is 526. The molecule has 2 aromatic heterocycles. The molecule has 0 amide bonds. The number of piperidine rings is 1. The molecule has 6 heteroatoms. The Morgan fingerprint density at radius 3 is 2.84 bits per heavy atom. The lowest BCUT2D eigenvalue weighted by Gasteiger charge is -2.33. The highest BCUT2D eigenvalue weighted by molar-refractivity contribution is 7.11. The summed E-state index contributed by atoms with van der Waals surface area (Å²) in [5, 5.41) is 3.41. The molecule has 0 aliphatic carbocycles. The molecule has 2 aromatic rings. The molecule has 0 N–H and O–H groups in total. The zero-order valence-electron chi connectivity index (χ0n) is 10.3. The van der Waals surface area contributed by atoms with E-state index in [1.807, 2.05) is 11.4 Å². The molecular formula is C13H14ClN3OS. The van der Waals surface area contributed by atoms with Crippen LogP contribution in [0.4, 0.5) is 5.69 Å². The number of aromatic nitrogens is 2. The summed E-state index contributed by atoms with van der Waals surface area (Å²) < 4.78 is 5.85. The molecule has 1 aliphatic rings. The number of rotatable bonds is 3. The van der Waals surface area contributed by atoms with Gasteiger partial charge in [0.25, 0.3) is 5.19 Å². The molecule has 0 unspecified atom stereocenters. The van der Waals surface area contributed by atoms with Gasteiger partial charge in [0.15, 0.2) is 0 Å². The van der Waals surface area contributed by atoms with E-state index in [0.29, 0.717) is 5.02 Å². The van der Waals surface area contributed by atoms with Crippen LogP contribution < -0.4 is 9.64 Å². The van der Waals surface area contributed by atoms with Crippen LogP contribution in [0.25, 0.3) is 0 Å². The number of hydrogen-bond donors (Lipinski definition) is 0. The highest BCUT2D eigenvalue weighted by atomic mass is 35.5. The summed E-state index contributed by atoms with van der Waals surface area (Å²) in [6, 6.07) is 1.96. The Hall–Kier alpha value is -1.33. The summed E-state index contributed by atoms with van der Waals surface area (Å²) in [7, 11) is 0. The molecular weight excluding hydrogens is 282 g/mol. The van der Waals surface area contributed by atoms with E-state index in [4.69, 9.17) is 16.3 Å². The van der Waals surface area contributed by atoms with Gasteiger partial charge in [0.2, 0.25) is 0 Å². The van der Waals surface area contributed by atoms with Crippen molar-refractivity contribution in [3.63, 3.8) is 0 Å². The molecule has 0 aromatic carbocycles. The number of ether oxygens (including phenoxy) is 1. The van der Waals surface area contributed by atoms with E-state index in [1.165, 1.54) is 11.3 Å². The molecule has 4 nitrogen and oxygen atoms in total. The molecule has 0 bridgehead atoms. The monoisotopic (exact) mass is 295 g/mol. The average molecular weight is 296 g/mol. The molecule has 1 fully saturated rings. The van der Waals surface area contributed by atoms with E-state index in [0.717, 1.165) is 36.8 Å². The summed E-state index contributed by atoms with van der Waals surface area (Å²) in [6.07, 6.45) is 7.46. The minimum absolute atomic E-state index is 0.253. The van der Waals surface area contributed by atoms with Crippen LogP contribution in [-0.2, 0) is 0 Å². The van der Waals surface area contributed by atoms with E-state index in [1.54, 1.807) is 18.6 Å². The first-order valence-electron chi connectivity index (χ1n) is 6.23. The van der Waals surface area contributed by atoms with Gasteiger partial charge in [-0.1, -0.05) is 22.9 Å². The molecule has 19 heavy (non-hydrogen) atoms. The number of nitrogens with zero attached hydrogens (tertiary/aromatic N) is 3. The maximum absolute atomic E-state index is 6.17. The van der Waals surface area contributed by atoms with Crippen molar-refractivity contribution in [1.82, 2.24) is 9.97 Å². The fourth-order valence-electron chi connectivity index (χ4n) is 2.25. The Morgan fingerprint density at radius 2 is 2.16 bits per heavy atom. The molecule has 0 atom stereocenters. The van der Waals surface area contributed by atoms with Gasteiger partial charge in [-0.15, -0.1) is 0 Å². The van der Waals surface area contributed by atoms with Gasteiger partial charge in [0.05, 0.1) is 10.7 Å². The summed E-state index contributed by atoms with van der Waals surface area (Å²) in [6.45, 7) is 1.89. The molecule has 100 valence electrons. The van der Waals surface area contributed by atoms with E-state index >= 15 is 0 Å². The lowest BCUT2D eigenvalue weighted by atomic mass is 10.1. The van der Waals surface area contributed by atoms with Gasteiger partial charge in [0, 0.05) is 49.9 Å². The van der Waals surface area contributed by atoms with Gasteiger partial charge >= 0.3 is 0 Å². The highest BCUT2D eigenvalue weighted by Crippen LogP contribution is 2.28. The van der Waals surface area contributed by atoms with E-state index in [2.05, 4.69) is 14.9 Å². The summed E-state index contributed by atoms with van der Waals surface area (Å²) >= 11 is 7.71. The lowest BCUT2D eigenvalue weighted by Crippen LogP contribution is -2.38. The summed E-state index contributed by atoms with van der Waals surface area (Å²) in [5.41, 5.74) is 1.06. The van der Waals surface area contributed by atoms with E-state index in [9.17, 15) is 0 Å². The maximum Gasteiger partial charge on any atom is 0.273 e. The average Bonchev–Trinajstić information content (AvgIpc) is 2.93. The minimum atomic E-state index is 0.253. The fourth-order valence-corrected chi connectivity index (χ4v) is 3.04. The van der Waals surface area contributed by atoms with Crippen LogP contribution in [0.3, 0.4) is 0 Å². The SMILES string of the molecule is Clc1cnccc1N1CCC(Oc2nccs2)CC1. The number of anilines is 1. The predicted octanol–water partition coefficient (Wildman–Crippen LogP) is 3.24. The first-order chi connectivity index (χ1) is 9.33. The topological polar surface area (TPSA) is 38.2 Å². The van der Waals surface area contributed by atoms with Crippen LogP contribution in [0, 0.1) is 0 Å². The van der Waals surface area contributed by atoms with Crippen LogP contribution in [0.1, 0.15) is 12.8 Å². The van der Waals surface area contributed by atoms with Crippen LogP contribution in [0.2, 0.25) is 5.02 Å². The Labute approximate surface area is 121 Å². The molecule has 3 heterocycles. The zero-order chi connectivity index (χ0) is 13.1. The first-order valence-corrected chi connectivity index (χ1v) is 7.49. The second kappa shape index (κ2) is 5.75. The molecule has 0 spiro atoms. The third-order valence-corrected chi connectivity index (χ3v) is 4.16. The van der Waals surface area contributed by atoms with Crippen molar-refractivity contribution >= 4 is 28.6 Å². The van der Waals surface area contributed by atoms with Gasteiger partial charge in [-0.25, -0.2) is 4.98 Å². The van der Waals surface area contributed by atoms with E-state index in [-0.39, 0.29) is 6.10 Å². The van der Waals surface area contributed by atoms with Crippen LogP contribution >= 0.6 is 22.9 Å². The van der Waals surface area contributed by atoms with Gasteiger partial charge in [-0.2, -0.15) is 0 Å². The van der Waals surface area contributed by atoms with E-state index < -0.39 is 0 Å². The van der Waals surface area contributed by atoms with Gasteiger partial charge < -0.3 is 9.64 Å². The van der Waals surface area contributed by atoms with Crippen molar-refractivity contribution in [1.29, 1.82) is 0 Å². The largest absolute Gasteiger partial charge is 0.467 e. The number of pyridine rings is 1. The van der Waals surface area contributed by atoms with Gasteiger partial charge in [-0.05, 0) is 6.07 Å². The van der Waals surface area contributed by atoms with Crippen molar-refractivity contribution in [2.45, 2.75) is 18.9 Å². The van der Waals surface area contributed by atoms with Crippen molar-refractivity contribution in [3.8, 4) is 5.19 Å². The van der Waals surface area contributed by atoms with Crippen molar-refractivity contribution in [3.05, 3.63) is 35.1 Å². The Kier molecular flexibility index (Phi) is 3.84. The van der Waals surface area contributed by atoms with Gasteiger partial charge in [0.1, 0.15) is 6.10 Å². The molecule has 0 radical (unpaired) electrons. The molecule has 0 saturated carbocycles. The summed E-state index contributed by atoms with van der Waals surface area (Å²) in [5.74, 6) is 0. The second-order valence-electron chi connectivity index (χ2n) is 4.43. The zero-order valence-corrected chi connectivity index (χ0v) is 11.9. The Balaban J connectivity index is 1.59. The molecule has 1 saturated heterocycles. The van der Waals surface area contributed by atoms with Gasteiger partial charge in [-0.3, -0.25) is 4.98 Å². The molecule has 3 rings (SSSR count). The lowest BCUT2D eigenvalue weighted by molar-refractivity contribution is 0.170.